The Morgan fingerprint density at radius 2 is 1.95 bits per heavy atom. The molecule has 1 atom stereocenters. The summed E-state index contributed by atoms with van der Waals surface area (Å²) in [5.74, 6) is 0. The molecule has 0 bridgehead atoms. The summed E-state index contributed by atoms with van der Waals surface area (Å²) in [6.07, 6.45) is 7.58. The number of benzene rings is 1. The molecular formula is C18H30N2. The van der Waals surface area contributed by atoms with Crippen molar-refractivity contribution in [3.05, 3.63) is 35.9 Å². The molecular weight excluding hydrogens is 244 g/mol. The number of aryl methyl sites for hydroxylation is 1. The van der Waals surface area contributed by atoms with Crippen LogP contribution in [0.5, 0.6) is 0 Å². The summed E-state index contributed by atoms with van der Waals surface area (Å²) in [5.41, 5.74) is 7.76. The van der Waals surface area contributed by atoms with Gasteiger partial charge >= 0.3 is 0 Å². The van der Waals surface area contributed by atoms with Crippen molar-refractivity contribution < 1.29 is 0 Å². The molecule has 0 saturated heterocycles. The predicted molar refractivity (Wildman–Crippen MR) is 86.9 cm³/mol. The Bertz CT molecular complexity index is 386. The molecule has 1 fully saturated rings. The molecule has 0 aromatic heterocycles. The fourth-order valence-electron chi connectivity index (χ4n) is 3.03. The van der Waals surface area contributed by atoms with Crippen LogP contribution in [0, 0.1) is 0 Å². The zero-order chi connectivity index (χ0) is 14.4. The monoisotopic (exact) mass is 274 g/mol. The summed E-state index contributed by atoms with van der Waals surface area (Å²) >= 11 is 0. The second-order valence-corrected chi connectivity index (χ2v) is 6.46. The van der Waals surface area contributed by atoms with E-state index in [0.29, 0.717) is 0 Å². The van der Waals surface area contributed by atoms with Crippen LogP contribution in [0.15, 0.2) is 30.3 Å². The lowest BCUT2D eigenvalue weighted by atomic mass is 9.90. The minimum atomic E-state index is 0.159. The molecule has 0 spiro atoms. The summed E-state index contributed by atoms with van der Waals surface area (Å²) in [4.78, 5) is 2.71. The average molecular weight is 274 g/mol. The number of hydrogen-bond donors (Lipinski definition) is 1. The molecule has 2 rings (SSSR count). The molecule has 1 saturated carbocycles. The average Bonchev–Trinajstić information content (AvgIpc) is 3.31. The normalized spacial score (nSPS) is 18.2. The number of nitrogens with two attached hydrogens (primary N) is 1. The van der Waals surface area contributed by atoms with Gasteiger partial charge < -0.3 is 5.73 Å². The molecule has 2 nitrogen and oxygen atoms in total. The molecule has 2 N–H and O–H groups in total. The van der Waals surface area contributed by atoms with E-state index in [1.807, 2.05) is 0 Å². The maximum absolute atomic E-state index is 6.17. The number of rotatable bonds is 9. The number of unbranched alkanes of at least 4 members (excludes halogenated alkanes) is 1. The van der Waals surface area contributed by atoms with Crippen LogP contribution in [-0.2, 0) is 6.42 Å². The van der Waals surface area contributed by atoms with E-state index in [9.17, 15) is 0 Å². The van der Waals surface area contributed by atoms with Gasteiger partial charge in [0.25, 0.3) is 0 Å². The van der Waals surface area contributed by atoms with Gasteiger partial charge in [-0.15, -0.1) is 0 Å². The van der Waals surface area contributed by atoms with Gasteiger partial charge in [-0.2, -0.15) is 0 Å². The Balaban J connectivity index is 1.98. The summed E-state index contributed by atoms with van der Waals surface area (Å²) in [7, 11) is 0. The summed E-state index contributed by atoms with van der Waals surface area (Å²) < 4.78 is 0. The molecule has 0 amide bonds. The van der Waals surface area contributed by atoms with Gasteiger partial charge in [-0.3, -0.25) is 4.90 Å². The van der Waals surface area contributed by atoms with E-state index in [2.05, 4.69) is 49.1 Å². The third kappa shape index (κ3) is 4.07. The highest BCUT2D eigenvalue weighted by atomic mass is 15.2. The van der Waals surface area contributed by atoms with Crippen molar-refractivity contribution in [3.8, 4) is 0 Å². The molecule has 2 heteroatoms. The first-order chi connectivity index (χ1) is 9.69. The first-order valence-electron chi connectivity index (χ1n) is 8.20. The van der Waals surface area contributed by atoms with Crippen LogP contribution >= 0.6 is 0 Å². The number of nitrogens with zero attached hydrogens (tertiary/aromatic N) is 1. The van der Waals surface area contributed by atoms with Crippen LogP contribution < -0.4 is 5.73 Å². The SMILES string of the molecule is CCCCN(C1CC1)C(C)(CN)CCc1ccccc1. The Hall–Kier alpha value is -0.860. The van der Waals surface area contributed by atoms with Crippen LogP contribution in [0.1, 0.15) is 51.5 Å². The zero-order valence-corrected chi connectivity index (χ0v) is 13.1. The molecule has 1 aromatic rings. The van der Waals surface area contributed by atoms with Crippen molar-refractivity contribution in [1.82, 2.24) is 4.90 Å². The van der Waals surface area contributed by atoms with Gasteiger partial charge in [0, 0.05) is 18.1 Å². The Labute approximate surface area is 124 Å². The van der Waals surface area contributed by atoms with Gasteiger partial charge in [0.1, 0.15) is 0 Å². The minimum absolute atomic E-state index is 0.159. The van der Waals surface area contributed by atoms with Gasteiger partial charge in [0.05, 0.1) is 0 Å². The Morgan fingerprint density at radius 3 is 2.50 bits per heavy atom. The van der Waals surface area contributed by atoms with Crippen molar-refractivity contribution in [1.29, 1.82) is 0 Å². The highest BCUT2D eigenvalue weighted by Crippen LogP contribution is 2.35. The minimum Gasteiger partial charge on any atom is -0.329 e. The molecule has 1 aliphatic rings. The lowest BCUT2D eigenvalue weighted by Crippen LogP contribution is -2.53. The second kappa shape index (κ2) is 7.24. The fraction of sp³-hybridized carbons (Fsp3) is 0.667. The quantitative estimate of drug-likeness (QED) is 0.745. The lowest BCUT2D eigenvalue weighted by Gasteiger charge is -2.41. The topological polar surface area (TPSA) is 29.3 Å². The molecule has 0 aliphatic heterocycles. The lowest BCUT2D eigenvalue weighted by molar-refractivity contribution is 0.0905. The van der Waals surface area contributed by atoms with Gasteiger partial charge in [-0.25, -0.2) is 0 Å². The Kier molecular flexibility index (Phi) is 5.62. The number of hydrogen-bond acceptors (Lipinski definition) is 2. The van der Waals surface area contributed by atoms with Crippen LogP contribution in [0.3, 0.4) is 0 Å². The fourth-order valence-corrected chi connectivity index (χ4v) is 3.03. The predicted octanol–water partition coefficient (Wildman–Crippen LogP) is 3.60. The third-order valence-electron chi connectivity index (χ3n) is 4.67. The molecule has 1 aliphatic carbocycles. The highest BCUT2D eigenvalue weighted by Gasteiger charge is 2.39. The first kappa shape index (κ1) is 15.5. The van der Waals surface area contributed by atoms with E-state index in [-0.39, 0.29) is 5.54 Å². The van der Waals surface area contributed by atoms with Crippen LogP contribution in [0.2, 0.25) is 0 Å². The molecule has 1 unspecified atom stereocenters. The maximum atomic E-state index is 6.17. The van der Waals surface area contributed by atoms with E-state index in [0.717, 1.165) is 25.4 Å². The van der Waals surface area contributed by atoms with Gasteiger partial charge in [0.2, 0.25) is 0 Å². The van der Waals surface area contributed by atoms with Gasteiger partial charge in [-0.05, 0) is 51.1 Å². The smallest absolute Gasteiger partial charge is 0.0309 e. The van der Waals surface area contributed by atoms with E-state index >= 15 is 0 Å². The van der Waals surface area contributed by atoms with Crippen molar-refractivity contribution in [2.24, 2.45) is 5.73 Å². The van der Waals surface area contributed by atoms with Crippen molar-refractivity contribution in [3.63, 3.8) is 0 Å². The summed E-state index contributed by atoms with van der Waals surface area (Å²) in [6, 6.07) is 11.6. The first-order valence-corrected chi connectivity index (χ1v) is 8.20. The Morgan fingerprint density at radius 1 is 1.25 bits per heavy atom. The third-order valence-corrected chi connectivity index (χ3v) is 4.67. The molecule has 0 heterocycles. The second-order valence-electron chi connectivity index (χ2n) is 6.46. The van der Waals surface area contributed by atoms with Crippen LogP contribution in [0.4, 0.5) is 0 Å². The standard InChI is InChI=1S/C18H30N2/c1-3-4-14-20(17-10-11-17)18(2,15-19)13-12-16-8-6-5-7-9-16/h5-9,17H,3-4,10-15,19H2,1-2H3. The molecule has 1 aromatic carbocycles. The van der Waals surface area contributed by atoms with Crippen LogP contribution in [0.25, 0.3) is 0 Å². The maximum Gasteiger partial charge on any atom is 0.0309 e. The van der Waals surface area contributed by atoms with E-state index in [1.54, 1.807) is 0 Å². The largest absolute Gasteiger partial charge is 0.329 e. The van der Waals surface area contributed by atoms with E-state index in [1.165, 1.54) is 37.8 Å². The summed E-state index contributed by atoms with van der Waals surface area (Å²) in [5, 5.41) is 0. The van der Waals surface area contributed by atoms with Crippen LogP contribution in [-0.4, -0.2) is 29.6 Å². The van der Waals surface area contributed by atoms with Crippen molar-refractivity contribution in [2.45, 2.75) is 64.0 Å². The summed E-state index contributed by atoms with van der Waals surface area (Å²) in [6.45, 7) is 6.61. The zero-order valence-electron chi connectivity index (χ0n) is 13.1. The van der Waals surface area contributed by atoms with E-state index < -0.39 is 0 Å². The van der Waals surface area contributed by atoms with Crippen molar-refractivity contribution >= 4 is 0 Å². The highest BCUT2D eigenvalue weighted by molar-refractivity contribution is 5.15. The molecule has 20 heavy (non-hydrogen) atoms. The van der Waals surface area contributed by atoms with Gasteiger partial charge in [0.15, 0.2) is 0 Å². The van der Waals surface area contributed by atoms with Gasteiger partial charge in [-0.1, -0.05) is 43.7 Å². The van der Waals surface area contributed by atoms with E-state index in [4.69, 9.17) is 5.73 Å². The molecule has 112 valence electrons. The van der Waals surface area contributed by atoms with Crippen molar-refractivity contribution in [2.75, 3.05) is 13.1 Å². The molecule has 0 radical (unpaired) electrons.